The number of methoxy groups -OCH3 is 1. The Hall–Kier alpha value is -1.56. The fourth-order valence-corrected chi connectivity index (χ4v) is 1.67. The Morgan fingerprint density at radius 1 is 1.38 bits per heavy atom. The van der Waals surface area contributed by atoms with E-state index in [9.17, 15) is 0 Å². The van der Waals surface area contributed by atoms with Crippen LogP contribution in [-0.4, -0.2) is 43.4 Å². The lowest BCUT2D eigenvalue weighted by atomic mass is 10.4. The van der Waals surface area contributed by atoms with Crippen molar-refractivity contribution in [1.29, 1.82) is 0 Å². The standard InChI is InChI=1S/C10H16N4O2/c1-15-9-7-8(12-10(11)13-9)14-3-2-5-16-6-4-14/h7H,2-6H2,1H3,(H2,11,12,13). The molecule has 1 aromatic rings. The number of ether oxygens (including phenoxy) is 2. The molecule has 1 aliphatic heterocycles. The zero-order chi connectivity index (χ0) is 11.4. The highest BCUT2D eigenvalue weighted by atomic mass is 16.5. The minimum atomic E-state index is 0.236. The molecule has 1 fully saturated rings. The van der Waals surface area contributed by atoms with E-state index in [-0.39, 0.29) is 5.95 Å². The summed E-state index contributed by atoms with van der Waals surface area (Å²) in [6, 6.07) is 1.79. The van der Waals surface area contributed by atoms with Crippen molar-refractivity contribution in [2.75, 3.05) is 44.0 Å². The summed E-state index contributed by atoms with van der Waals surface area (Å²) in [5.74, 6) is 1.53. The molecular formula is C10H16N4O2. The highest BCUT2D eigenvalue weighted by molar-refractivity contribution is 5.45. The van der Waals surface area contributed by atoms with Crippen LogP contribution in [0.5, 0.6) is 5.88 Å². The van der Waals surface area contributed by atoms with Gasteiger partial charge in [-0.2, -0.15) is 9.97 Å². The van der Waals surface area contributed by atoms with Crippen LogP contribution in [0.15, 0.2) is 6.07 Å². The fraction of sp³-hybridized carbons (Fsp3) is 0.600. The summed E-state index contributed by atoms with van der Waals surface area (Å²) >= 11 is 0. The average molecular weight is 224 g/mol. The molecule has 0 atom stereocenters. The van der Waals surface area contributed by atoms with Crippen molar-refractivity contribution in [3.05, 3.63) is 6.07 Å². The van der Waals surface area contributed by atoms with Crippen molar-refractivity contribution < 1.29 is 9.47 Å². The van der Waals surface area contributed by atoms with Crippen molar-refractivity contribution >= 4 is 11.8 Å². The van der Waals surface area contributed by atoms with Crippen molar-refractivity contribution in [2.24, 2.45) is 0 Å². The van der Waals surface area contributed by atoms with E-state index in [2.05, 4.69) is 14.9 Å². The van der Waals surface area contributed by atoms with Gasteiger partial charge in [0.15, 0.2) is 0 Å². The number of nitrogens with two attached hydrogens (primary N) is 1. The molecule has 1 saturated heterocycles. The molecule has 88 valence electrons. The minimum absolute atomic E-state index is 0.236. The smallest absolute Gasteiger partial charge is 0.225 e. The van der Waals surface area contributed by atoms with Gasteiger partial charge >= 0.3 is 0 Å². The molecule has 0 bridgehead atoms. The van der Waals surface area contributed by atoms with Gasteiger partial charge in [-0.1, -0.05) is 0 Å². The van der Waals surface area contributed by atoms with Crippen molar-refractivity contribution in [3.63, 3.8) is 0 Å². The van der Waals surface area contributed by atoms with Crippen LogP contribution in [0.3, 0.4) is 0 Å². The van der Waals surface area contributed by atoms with Crippen LogP contribution in [0.2, 0.25) is 0 Å². The van der Waals surface area contributed by atoms with Crippen LogP contribution in [0, 0.1) is 0 Å². The quantitative estimate of drug-likeness (QED) is 0.778. The molecule has 1 aromatic heterocycles. The van der Waals surface area contributed by atoms with Gasteiger partial charge in [-0.05, 0) is 6.42 Å². The second kappa shape index (κ2) is 4.98. The molecule has 6 nitrogen and oxygen atoms in total. The number of anilines is 2. The maximum Gasteiger partial charge on any atom is 0.225 e. The maximum atomic E-state index is 5.62. The molecule has 2 rings (SSSR count). The number of nitrogen functional groups attached to an aromatic ring is 1. The first-order valence-corrected chi connectivity index (χ1v) is 5.31. The highest BCUT2D eigenvalue weighted by Crippen LogP contribution is 2.19. The van der Waals surface area contributed by atoms with Crippen LogP contribution >= 0.6 is 0 Å². The first-order valence-electron chi connectivity index (χ1n) is 5.31. The van der Waals surface area contributed by atoms with Crippen LogP contribution in [0.1, 0.15) is 6.42 Å². The van der Waals surface area contributed by atoms with E-state index < -0.39 is 0 Å². The third kappa shape index (κ3) is 2.52. The molecule has 0 unspecified atom stereocenters. The topological polar surface area (TPSA) is 73.5 Å². The number of hydrogen-bond donors (Lipinski definition) is 1. The van der Waals surface area contributed by atoms with E-state index in [1.54, 1.807) is 13.2 Å². The summed E-state index contributed by atoms with van der Waals surface area (Å²) in [4.78, 5) is 10.3. The summed E-state index contributed by atoms with van der Waals surface area (Å²) in [6.07, 6.45) is 0.992. The van der Waals surface area contributed by atoms with Gasteiger partial charge in [0, 0.05) is 25.8 Å². The second-order valence-electron chi connectivity index (χ2n) is 3.58. The fourth-order valence-electron chi connectivity index (χ4n) is 1.67. The third-order valence-corrected chi connectivity index (χ3v) is 2.46. The Bertz CT molecular complexity index is 351. The second-order valence-corrected chi connectivity index (χ2v) is 3.58. The Morgan fingerprint density at radius 2 is 2.25 bits per heavy atom. The number of nitrogens with zero attached hydrogens (tertiary/aromatic N) is 3. The summed E-state index contributed by atoms with van der Waals surface area (Å²) in [5.41, 5.74) is 5.62. The molecule has 2 heterocycles. The highest BCUT2D eigenvalue weighted by Gasteiger charge is 2.13. The summed E-state index contributed by atoms with van der Waals surface area (Å²) in [7, 11) is 1.57. The molecule has 1 aliphatic rings. The molecule has 6 heteroatoms. The first kappa shape index (κ1) is 10.9. The summed E-state index contributed by atoms with van der Waals surface area (Å²) in [6.45, 7) is 3.25. The lowest BCUT2D eigenvalue weighted by Crippen LogP contribution is -2.27. The van der Waals surface area contributed by atoms with Gasteiger partial charge in [0.05, 0.1) is 13.7 Å². The molecule has 0 spiro atoms. The van der Waals surface area contributed by atoms with Crippen molar-refractivity contribution in [3.8, 4) is 5.88 Å². The Kier molecular flexibility index (Phi) is 3.40. The van der Waals surface area contributed by atoms with E-state index in [1.165, 1.54) is 0 Å². The van der Waals surface area contributed by atoms with Gasteiger partial charge in [-0.25, -0.2) is 0 Å². The normalized spacial score (nSPS) is 16.9. The number of aromatic nitrogens is 2. The zero-order valence-corrected chi connectivity index (χ0v) is 9.35. The van der Waals surface area contributed by atoms with Crippen LogP contribution in [-0.2, 0) is 4.74 Å². The molecule has 0 radical (unpaired) electrons. The predicted octanol–water partition coefficient (Wildman–Crippen LogP) is 0.294. The molecule has 16 heavy (non-hydrogen) atoms. The molecule has 0 saturated carbocycles. The van der Waals surface area contributed by atoms with E-state index in [4.69, 9.17) is 15.2 Å². The van der Waals surface area contributed by atoms with E-state index >= 15 is 0 Å². The van der Waals surface area contributed by atoms with Crippen molar-refractivity contribution in [1.82, 2.24) is 9.97 Å². The monoisotopic (exact) mass is 224 g/mol. The van der Waals surface area contributed by atoms with Crippen molar-refractivity contribution in [2.45, 2.75) is 6.42 Å². The van der Waals surface area contributed by atoms with Crippen LogP contribution < -0.4 is 15.4 Å². The minimum Gasteiger partial charge on any atom is -0.481 e. The lowest BCUT2D eigenvalue weighted by Gasteiger charge is -2.20. The van der Waals surface area contributed by atoms with Gasteiger partial charge in [0.2, 0.25) is 11.8 Å². The molecule has 2 N–H and O–H groups in total. The Labute approximate surface area is 94.4 Å². The summed E-state index contributed by atoms with van der Waals surface area (Å²) in [5, 5.41) is 0. The van der Waals surface area contributed by atoms with E-state index in [0.29, 0.717) is 12.5 Å². The number of rotatable bonds is 2. The number of hydrogen-bond acceptors (Lipinski definition) is 6. The average Bonchev–Trinajstić information content (AvgIpc) is 2.56. The van der Waals surface area contributed by atoms with Crippen LogP contribution in [0.4, 0.5) is 11.8 Å². The Balaban J connectivity index is 2.20. The largest absolute Gasteiger partial charge is 0.481 e. The molecule has 0 aliphatic carbocycles. The lowest BCUT2D eigenvalue weighted by molar-refractivity contribution is 0.152. The zero-order valence-electron chi connectivity index (χ0n) is 9.35. The maximum absolute atomic E-state index is 5.62. The van der Waals surface area contributed by atoms with Gasteiger partial charge < -0.3 is 20.1 Å². The van der Waals surface area contributed by atoms with Gasteiger partial charge in [-0.15, -0.1) is 0 Å². The van der Waals surface area contributed by atoms with E-state index in [0.717, 1.165) is 31.9 Å². The molecule has 0 aromatic carbocycles. The summed E-state index contributed by atoms with van der Waals surface area (Å²) < 4.78 is 10.5. The SMILES string of the molecule is COc1cc(N2CCCOCC2)nc(N)n1. The van der Waals surface area contributed by atoms with Crippen LogP contribution in [0.25, 0.3) is 0 Å². The van der Waals surface area contributed by atoms with Gasteiger partial charge in [-0.3, -0.25) is 0 Å². The predicted molar refractivity (Wildman–Crippen MR) is 60.6 cm³/mol. The Morgan fingerprint density at radius 3 is 3.06 bits per heavy atom. The van der Waals surface area contributed by atoms with E-state index in [1.807, 2.05) is 0 Å². The van der Waals surface area contributed by atoms with Gasteiger partial charge in [0.1, 0.15) is 5.82 Å². The first-order chi connectivity index (χ1) is 7.79. The third-order valence-electron chi connectivity index (χ3n) is 2.46. The molecule has 0 amide bonds. The molecular weight excluding hydrogens is 208 g/mol. The van der Waals surface area contributed by atoms with Gasteiger partial charge in [0.25, 0.3) is 0 Å².